The molecule has 3 N–H and O–H groups in total. The highest BCUT2D eigenvalue weighted by atomic mass is 35.5. The number of benzene rings is 5. The minimum Gasteiger partial charge on any atom is -0.436 e. The Labute approximate surface area is 290 Å². The van der Waals surface area contributed by atoms with Crippen molar-refractivity contribution in [2.45, 2.75) is 4.90 Å². The van der Waals surface area contributed by atoms with E-state index in [1.165, 1.54) is 17.8 Å². The lowest BCUT2D eigenvalue weighted by atomic mass is 10.1. The summed E-state index contributed by atoms with van der Waals surface area (Å²) in [4.78, 5) is 44.5. The Kier molecular flexibility index (Phi) is 10.2. The second kappa shape index (κ2) is 15.0. The highest BCUT2D eigenvalue weighted by Gasteiger charge is 2.17. The van der Waals surface area contributed by atoms with Gasteiger partial charge in [0.25, 0.3) is 11.8 Å². The van der Waals surface area contributed by atoms with Gasteiger partial charge in [0.2, 0.25) is 11.8 Å². The number of aromatic nitrogens is 1. The van der Waals surface area contributed by atoms with E-state index in [0.717, 1.165) is 16.0 Å². The van der Waals surface area contributed by atoms with Crippen molar-refractivity contribution in [1.29, 1.82) is 0 Å². The summed E-state index contributed by atoms with van der Waals surface area (Å²) in [6.45, 7) is 0. The van der Waals surface area contributed by atoms with Crippen LogP contribution in [0.4, 0.5) is 11.4 Å². The van der Waals surface area contributed by atoms with Crippen molar-refractivity contribution in [1.82, 2.24) is 10.3 Å². The van der Waals surface area contributed by atoms with E-state index in [-0.39, 0.29) is 22.4 Å². The number of rotatable bonds is 10. The molecule has 1 aromatic heterocycles. The highest BCUT2D eigenvalue weighted by molar-refractivity contribution is 8.00. The van der Waals surface area contributed by atoms with Gasteiger partial charge < -0.3 is 20.4 Å². The van der Waals surface area contributed by atoms with Crippen LogP contribution in [0.25, 0.3) is 28.6 Å². The van der Waals surface area contributed by atoms with Gasteiger partial charge in [-0.05, 0) is 84.4 Å². The van der Waals surface area contributed by atoms with Gasteiger partial charge in [0, 0.05) is 27.4 Å². The Hall–Kier alpha value is -5.35. The molecular formula is C37H26Cl2N4O4S. The topological polar surface area (TPSA) is 113 Å². The zero-order chi connectivity index (χ0) is 33.5. The summed E-state index contributed by atoms with van der Waals surface area (Å²) in [5.74, 6) is -0.597. The molecule has 0 aliphatic carbocycles. The minimum atomic E-state index is -0.573. The number of amides is 3. The van der Waals surface area contributed by atoms with Crippen molar-refractivity contribution in [3.8, 4) is 11.5 Å². The number of nitrogens with one attached hydrogen (secondary N) is 3. The molecule has 5 aromatic carbocycles. The molecule has 6 rings (SSSR count). The van der Waals surface area contributed by atoms with Crippen LogP contribution in [0.2, 0.25) is 10.0 Å². The Bertz CT molecular complexity index is 2120. The van der Waals surface area contributed by atoms with Crippen molar-refractivity contribution in [3.05, 3.63) is 148 Å². The van der Waals surface area contributed by atoms with Crippen LogP contribution in [0.3, 0.4) is 0 Å². The third-order valence-electron chi connectivity index (χ3n) is 6.98. The smallest absolute Gasteiger partial charge is 0.272 e. The molecule has 238 valence electrons. The lowest BCUT2D eigenvalue weighted by Crippen LogP contribution is -2.30. The number of hydrogen-bond acceptors (Lipinski definition) is 6. The van der Waals surface area contributed by atoms with Gasteiger partial charge in [-0.3, -0.25) is 14.4 Å². The third kappa shape index (κ3) is 8.13. The molecule has 48 heavy (non-hydrogen) atoms. The van der Waals surface area contributed by atoms with Gasteiger partial charge in [-0.15, -0.1) is 11.8 Å². The summed E-state index contributed by atoms with van der Waals surface area (Å²) in [5.41, 5.74) is 4.19. The van der Waals surface area contributed by atoms with Crippen molar-refractivity contribution >= 4 is 81.2 Å². The number of carbonyl (C=O) groups excluding carboxylic acids is 3. The van der Waals surface area contributed by atoms with E-state index in [1.54, 1.807) is 78.9 Å². The Morgan fingerprint density at radius 1 is 0.771 bits per heavy atom. The van der Waals surface area contributed by atoms with E-state index in [1.807, 2.05) is 42.5 Å². The highest BCUT2D eigenvalue weighted by Crippen LogP contribution is 2.28. The summed E-state index contributed by atoms with van der Waals surface area (Å²) in [7, 11) is 0. The normalized spacial score (nSPS) is 11.2. The molecule has 0 unspecified atom stereocenters. The van der Waals surface area contributed by atoms with E-state index < -0.39 is 11.8 Å². The average molecular weight is 694 g/mol. The lowest BCUT2D eigenvalue weighted by Gasteiger charge is -2.13. The van der Waals surface area contributed by atoms with Gasteiger partial charge >= 0.3 is 0 Å². The number of anilines is 2. The fourth-order valence-electron chi connectivity index (χ4n) is 4.63. The van der Waals surface area contributed by atoms with E-state index in [4.69, 9.17) is 27.6 Å². The van der Waals surface area contributed by atoms with E-state index >= 15 is 0 Å². The van der Waals surface area contributed by atoms with Crippen LogP contribution in [0.15, 0.2) is 136 Å². The van der Waals surface area contributed by atoms with Crippen LogP contribution in [0.5, 0.6) is 0 Å². The number of hydrogen-bond donors (Lipinski definition) is 3. The van der Waals surface area contributed by atoms with Crippen LogP contribution >= 0.6 is 35.0 Å². The first-order valence-electron chi connectivity index (χ1n) is 14.6. The maximum Gasteiger partial charge on any atom is 0.272 e. The summed E-state index contributed by atoms with van der Waals surface area (Å²) < 4.78 is 5.82. The van der Waals surface area contributed by atoms with Gasteiger partial charge in [-0.25, -0.2) is 4.98 Å². The molecule has 1 heterocycles. The van der Waals surface area contributed by atoms with Gasteiger partial charge in [0.15, 0.2) is 5.58 Å². The molecule has 0 spiro atoms. The van der Waals surface area contributed by atoms with E-state index in [0.29, 0.717) is 39.0 Å². The predicted octanol–water partition coefficient (Wildman–Crippen LogP) is 8.94. The SMILES string of the molecule is O=C(CSc1cccc(NC(=O)/C(=C\c2cccc(Cl)c2Cl)NC(=O)c2ccccc2)c1)Nc1ccc(-c2nc3ccccc3o2)cc1. The first-order chi connectivity index (χ1) is 23.3. The average Bonchev–Trinajstić information content (AvgIpc) is 3.54. The Balaban J connectivity index is 1.09. The Morgan fingerprint density at radius 2 is 1.52 bits per heavy atom. The maximum atomic E-state index is 13.5. The Morgan fingerprint density at radius 3 is 2.31 bits per heavy atom. The fraction of sp³-hybridized carbons (Fsp3) is 0.0270. The van der Waals surface area contributed by atoms with Crippen LogP contribution in [0, 0.1) is 0 Å². The molecule has 8 nitrogen and oxygen atoms in total. The van der Waals surface area contributed by atoms with Crippen LogP contribution in [0.1, 0.15) is 15.9 Å². The van der Waals surface area contributed by atoms with Crippen LogP contribution < -0.4 is 16.0 Å². The predicted molar refractivity (Wildman–Crippen MR) is 192 cm³/mol. The molecular weight excluding hydrogens is 667 g/mol. The molecule has 0 saturated heterocycles. The summed E-state index contributed by atoms with van der Waals surface area (Å²) >= 11 is 13.9. The van der Waals surface area contributed by atoms with Crippen molar-refractivity contribution in [2.24, 2.45) is 0 Å². The standard InChI is InChI=1S/C37H26Cl2N4O4S/c38-29-13-6-10-25(34(29)39)20-31(42-35(45)23-8-2-1-3-9-23)36(46)41-27-11-7-12-28(21-27)48-22-33(44)40-26-18-16-24(17-19-26)37-43-30-14-4-5-15-32(30)47-37/h1-21H,22H2,(H,40,44)(H,41,46)(H,42,45)/b31-20+. The largest absolute Gasteiger partial charge is 0.436 e. The molecule has 0 bridgehead atoms. The minimum absolute atomic E-state index is 0.0347. The number of oxazole rings is 1. The van der Waals surface area contributed by atoms with E-state index in [9.17, 15) is 14.4 Å². The van der Waals surface area contributed by atoms with Crippen LogP contribution in [-0.4, -0.2) is 28.5 Å². The van der Waals surface area contributed by atoms with E-state index in [2.05, 4.69) is 20.9 Å². The first-order valence-corrected chi connectivity index (χ1v) is 16.4. The van der Waals surface area contributed by atoms with Crippen molar-refractivity contribution in [3.63, 3.8) is 0 Å². The molecule has 0 aliphatic rings. The number of fused-ring (bicyclic) bond motifs is 1. The van der Waals surface area contributed by atoms with Gasteiger partial charge in [0.1, 0.15) is 11.2 Å². The first kappa shape index (κ1) is 32.6. The van der Waals surface area contributed by atoms with Crippen LogP contribution in [-0.2, 0) is 9.59 Å². The second-order valence-electron chi connectivity index (χ2n) is 10.4. The number of thioether (sulfide) groups is 1. The second-order valence-corrected chi connectivity index (χ2v) is 12.2. The zero-order valence-electron chi connectivity index (χ0n) is 25.1. The molecule has 3 amide bonds. The van der Waals surface area contributed by atoms with Gasteiger partial charge in [0.05, 0.1) is 15.8 Å². The number of nitrogens with zero attached hydrogens (tertiary/aromatic N) is 1. The molecule has 0 aliphatic heterocycles. The quantitative estimate of drug-likeness (QED) is 0.0976. The summed E-state index contributed by atoms with van der Waals surface area (Å²) in [6, 6.07) is 35.4. The molecule has 0 atom stereocenters. The zero-order valence-corrected chi connectivity index (χ0v) is 27.4. The molecule has 0 radical (unpaired) electrons. The number of para-hydroxylation sites is 2. The monoisotopic (exact) mass is 692 g/mol. The number of halogens is 2. The summed E-state index contributed by atoms with van der Waals surface area (Å²) in [6.07, 6.45) is 1.47. The van der Waals surface area contributed by atoms with Gasteiger partial charge in [-0.2, -0.15) is 0 Å². The molecule has 11 heteroatoms. The van der Waals surface area contributed by atoms with Crippen molar-refractivity contribution < 1.29 is 18.8 Å². The third-order valence-corrected chi connectivity index (χ3v) is 8.81. The molecule has 0 saturated carbocycles. The molecule has 0 fully saturated rings. The number of carbonyl (C=O) groups is 3. The van der Waals surface area contributed by atoms with Gasteiger partial charge in [-0.1, -0.05) is 71.7 Å². The lowest BCUT2D eigenvalue weighted by molar-refractivity contribution is -0.114. The summed E-state index contributed by atoms with van der Waals surface area (Å²) in [5, 5.41) is 8.96. The molecule has 6 aromatic rings. The fourth-order valence-corrected chi connectivity index (χ4v) is 5.75. The van der Waals surface area contributed by atoms with Crippen molar-refractivity contribution in [2.75, 3.05) is 16.4 Å². The maximum absolute atomic E-state index is 13.5.